The molecule has 2 heterocycles. The van der Waals surface area contributed by atoms with E-state index in [0.717, 1.165) is 4.88 Å². The van der Waals surface area contributed by atoms with Gasteiger partial charge in [0.05, 0.1) is 24.4 Å². The molecule has 0 spiro atoms. The number of nitrogens with one attached hydrogen (secondary N) is 1. The molecule has 1 aliphatic rings. The van der Waals surface area contributed by atoms with E-state index >= 15 is 0 Å². The summed E-state index contributed by atoms with van der Waals surface area (Å²) in [6.45, 7) is 2.41. The summed E-state index contributed by atoms with van der Waals surface area (Å²) in [4.78, 5) is 45.3. The Morgan fingerprint density at radius 2 is 1.89 bits per heavy atom. The highest BCUT2D eigenvalue weighted by molar-refractivity contribution is 8.15. The third-order valence-corrected chi connectivity index (χ3v) is 7.34. The van der Waals surface area contributed by atoms with Crippen molar-refractivity contribution in [2.75, 3.05) is 11.9 Å². The van der Waals surface area contributed by atoms with Gasteiger partial charge in [-0.25, -0.2) is 9.79 Å². The standard InChI is InChI=1S/C25H22ClN3O4S2/c1-2-33-24(32)16-5-9-18(10-6-16)27-23(31)21-14-22(30)29(15-20-4-3-13-34-20)25(35-21)28-19-11-7-17(26)8-12-19/h3-13,21H,2,14-15H2,1H3,(H,27,31). The molecule has 1 aliphatic heterocycles. The molecule has 1 unspecified atom stereocenters. The van der Waals surface area contributed by atoms with Gasteiger partial charge in [0.25, 0.3) is 0 Å². The number of halogens is 1. The minimum absolute atomic E-state index is 0.0441. The average Bonchev–Trinajstić information content (AvgIpc) is 3.36. The molecule has 0 radical (unpaired) electrons. The lowest BCUT2D eigenvalue weighted by molar-refractivity contribution is -0.129. The van der Waals surface area contributed by atoms with Crippen molar-refractivity contribution in [3.8, 4) is 0 Å². The molecule has 10 heteroatoms. The highest BCUT2D eigenvalue weighted by atomic mass is 35.5. The molecular weight excluding hydrogens is 506 g/mol. The highest BCUT2D eigenvalue weighted by Crippen LogP contribution is 2.32. The number of aliphatic imine (C=N–C) groups is 1. The number of hydrogen-bond acceptors (Lipinski definition) is 7. The van der Waals surface area contributed by atoms with Gasteiger partial charge in [-0.15, -0.1) is 11.3 Å². The third kappa shape index (κ3) is 6.50. The number of anilines is 1. The van der Waals surface area contributed by atoms with Crippen molar-refractivity contribution in [1.82, 2.24) is 4.90 Å². The Kier molecular flexibility index (Phi) is 8.22. The summed E-state index contributed by atoms with van der Waals surface area (Å²) in [5.41, 5.74) is 1.55. The maximum Gasteiger partial charge on any atom is 0.338 e. The van der Waals surface area contributed by atoms with E-state index < -0.39 is 11.2 Å². The van der Waals surface area contributed by atoms with Gasteiger partial charge in [0.1, 0.15) is 5.25 Å². The van der Waals surface area contributed by atoms with Gasteiger partial charge in [-0.2, -0.15) is 0 Å². The second kappa shape index (κ2) is 11.5. The van der Waals surface area contributed by atoms with E-state index in [2.05, 4.69) is 10.3 Å². The summed E-state index contributed by atoms with van der Waals surface area (Å²) in [6.07, 6.45) is 0.0441. The molecule has 4 rings (SSSR count). The normalized spacial score (nSPS) is 16.9. The van der Waals surface area contributed by atoms with Gasteiger partial charge in [-0.3, -0.25) is 14.5 Å². The zero-order valence-electron chi connectivity index (χ0n) is 18.8. The van der Waals surface area contributed by atoms with Gasteiger partial charge in [-0.05, 0) is 66.9 Å². The number of carbonyl (C=O) groups excluding carboxylic acids is 3. The van der Waals surface area contributed by atoms with Crippen LogP contribution in [0.4, 0.5) is 11.4 Å². The van der Waals surface area contributed by atoms with Crippen molar-refractivity contribution in [3.05, 3.63) is 81.5 Å². The van der Waals surface area contributed by atoms with Gasteiger partial charge in [0, 0.05) is 22.0 Å². The van der Waals surface area contributed by atoms with Crippen LogP contribution in [-0.4, -0.2) is 39.7 Å². The number of ether oxygens (including phenoxy) is 1. The minimum atomic E-state index is -0.655. The number of carbonyl (C=O) groups is 3. The summed E-state index contributed by atoms with van der Waals surface area (Å²) in [6, 6.07) is 17.3. The van der Waals surface area contributed by atoms with Gasteiger partial charge in [0.2, 0.25) is 11.8 Å². The molecular formula is C25H22ClN3O4S2. The van der Waals surface area contributed by atoms with E-state index in [-0.39, 0.29) is 24.8 Å². The van der Waals surface area contributed by atoms with Crippen LogP contribution in [0, 0.1) is 0 Å². The van der Waals surface area contributed by atoms with E-state index in [9.17, 15) is 14.4 Å². The Balaban J connectivity index is 1.51. The van der Waals surface area contributed by atoms with E-state index in [1.165, 1.54) is 11.8 Å². The van der Waals surface area contributed by atoms with E-state index in [1.54, 1.807) is 71.7 Å². The smallest absolute Gasteiger partial charge is 0.338 e. The van der Waals surface area contributed by atoms with Crippen molar-refractivity contribution >= 4 is 69.0 Å². The van der Waals surface area contributed by atoms with Crippen LogP contribution < -0.4 is 5.32 Å². The maximum atomic E-state index is 13.1. The van der Waals surface area contributed by atoms with Crippen molar-refractivity contribution in [1.29, 1.82) is 0 Å². The number of amides is 2. The molecule has 0 aliphatic carbocycles. The van der Waals surface area contributed by atoms with Gasteiger partial charge in [-0.1, -0.05) is 29.4 Å². The van der Waals surface area contributed by atoms with Gasteiger partial charge < -0.3 is 10.1 Å². The summed E-state index contributed by atoms with van der Waals surface area (Å²) < 4.78 is 4.98. The second-order valence-corrected chi connectivity index (χ2v) is 10.2. The van der Waals surface area contributed by atoms with Crippen LogP contribution in [0.1, 0.15) is 28.6 Å². The Labute approximate surface area is 216 Å². The molecule has 35 heavy (non-hydrogen) atoms. The predicted octanol–water partition coefficient (Wildman–Crippen LogP) is 5.74. The first-order valence-electron chi connectivity index (χ1n) is 10.8. The molecule has 3 aromatic rings. The fourth-order valence-electron chi connectivity index (χ4n) is 3.31. The number of nitrogens with zero attached hydrogens (tertiary/aromatic N) is 2. The van der Waals surface area contributed by atoms with E-state index in [1.807, 2.05) is 17.5 Å². The molecule has 7 nitrogen and oxygen atoms in total. The molecule has 0 saturated carbocycles. The lowest BCUT2D eigenvalue weighted by Gasteiger charge is -2.31. The number of benzene rings is 2. The van der Waals surface area contributed by atoms with Crippen LogP contribution in [0.3, 0.4) is 0 Å². The first kappa shape index (κ1) is 25.0. The highest BCUT2D eigenvalue weighted by Gasteiger charge is 2.36. The van der Waals surface area contributed by atoms with Crippen LogP contribution in [0.2, 0.25) is 5.02 Å². The number of amidine groups is 1. The van der Waals surface area contributed by atoms with Crippen LogP contribution in [0.25, 0.3) is 0 Å². The minimum Gasteiger partial charge on any atom is -0.462 e. The third-order valence-electron chi connectivity index (χ3n) is 5.04. The van der Waals surface area contributed by atoms with Crippen molar-refractivity contribution < 1.29 is 19.1 Å². The van der Waals surface area contributed by atoms with Crippen molar-refractivity contribution in [3.63, 3.8) is 0 Å². The lowest BCUT2D eigenvalue weighted by atomic mass is 10.2. The van der Waals surface area contributed by atoms with Crippen LogP contribution in [0.5, 0.6) is 0 Å². The van der Waals surface area contributed by atoms with E-state index in [4.69, 9.17) is 16.3 Å². The quantitative estimate of drug-likeness (QED) is 0.396. The van der Waals surface area contributed by atoms with Gasteiger partial charge in [0.15, 0.2) is 5.17 Å². The van der Waals surface area contributed by atoms with Crippen molar-refractivity contribution in [2.45, 2.75) is 25.1 Å². The average molecular weight is 528 g/mol. The summed E-state index contributed by atoms with van der Waals surface area (Å²) in [7, 11) is 0. The first-order chi connectivity index (χ1) is 16.9. The fraction of sp³-hybridized carbons (Fsp3) is 0.200. The molecule has 1 N–H and O–H groups in total. The molecule has 0 bridgehead atoms. The topological polar surface area (TPSA) is 88.1 Å². The second-order valence-electron chi connectivity index (χ2n) is 7.53. The van der Waals surface area contributed by atoms with Crippen LogP contribution in [0.15, 0.2) is 71.0 Å². The Morgan fingerprint density at radius 3 is 2.54 bits per heavy atom. The monoisotopic (exact) mass is 527 g/mol. The van der Waals surface area contributed by atoms with Crippen molar-refractivity contribution in [2.24, 2.45) is 4.99 Å². The molecule has 2 aromatic carbocycles. The molecule has 180 valence electrons. The lowest BCUT2D eigenvalue weighted by Crippen LogP contribution is -2.44. The Bertz CT molecular complexity index is 1230. The summed E-state index contributed by atoms with van der Waals surface area (Å²) >= 11 is 8.79. The Morgan fingerprint density at radius 1 is 1.14 bits per heavy atom. The number of esters is 1. The molecule has 1 aromatic heterocycles. The maximum absolute atomic E-state index is 13.1. The Hall–Kier alpha value is -3.14. The van der Waals surface area contributed by atoms with E-state index in [0.29, 0.717) is 33.7 Å². The first-order valence-corrected chi connectivity index (χ1v) is 13.0. The number of rotatable bonds is 7. The SMILES string of the molecule is CCOC(=O)c1ccc(NC(=O)C2CC(=O)N(Cc3cccs3)C(=Nc3ccc(Cl)cc3)S2)cc1. The van der Waals surface area contributed by atoms with Crippen LogP contribution >= 0.6 is 34.7 Å². The number of hydrogen-bond donors (Lipinski definition) is 1. The number of thioether (sulfide) groups is 1. The zero-order valence-corrected chi connectivity index (χ0v) is 21.2. The molecule has 1 fully saturated rings. The van der Waals surface area contributed by atoms with Gasteiger partial charge >= 0.3 is 5.97 Å². The van der Waals surface area contributed by atoms with Crippen LogP contribution in [-0.2, 0) is 20.9 Å². The zero-order chi connectivity index (χ0) is 24.8. The largest absolute Gasteiger partial charge is 0.462 e. The predicted molar refractivity (Wildman–Crippen MR) is 140 cm³/mol. The summed E-state index contributed by atoms with van der Waals surface area (Å²) in [5, 5.41) is 5.17. The number of thiophene rings is 1. The summed E-state index contributed by atoms with van der Waals surface area (Å²) in [5.74, 6) is -0.915. The molecule has 1 atom stereocenters. The molecule has 1 saturated heterocycles. The fourth-order valence-corrected chi connectivity index (χ4v) is 5.22. The molecule has 2 amide bonds.